The van der Waals surface area contributed by atoms with Gasteiger partial charge in [-0.05, 0) is 19.3 Å². The van der Waals surface area contributed by atoms with Gasteiger partial charge in [-0.3, -0.25) is 4.79 Å². The molecule has 0 radical (unpaired) electrons. The summed E-state index contributed by atoms with van der Waals surface area (Å²) >= 11 is 0. The van der Waals surface area contributed by atoms with E-state index in [0.29, 0.717) is 6.42 Å². The largest absolute Gasteiger partial charge is 0.394 e. The van der Waals surface area contributed by atoms with Gasteiger partial charge in [0.15, 0.2) is 0 Å². The summed E-state index contributed by atoms with van der Waals surface area (Å²) in [7, 11) is 0. The summed E-state index contributed by atoms with van der Waals surface area (Å²) in [6.07, 6.45) is 26.8. The predicted molar refractivity (Wildman–Crippen MR) is 133 cm³/mol. The van der Waals surface area contributed by atoms with Crippen LogP contribution in [0.4, 0.5) is 0 Å². The highest BCUT2D eigenvalue weighted by atomic mass is 16.3. The highest BCUT2D eigenvalue weighted by molar-refractivity contribution is 5.76. The molecule has 0 aliphatic rings. The fraction of sp³-hybridized carbons (Fsp3) is 0.815. The Kier molecular flexibility index (Phi) is 22.7. The van der Waals surface area contributed by atoms with E-state index in [0.717, 1.165) is 19.3 Å². The first-order chi connectivity index (χ1) is 15.2. The number of allylic oxidation sites excluding steroid dienone is 3. The second-order valence-corrected chi connectivity index (χ2v) is 8.80. The lowest BCUT2D eigenvalue weighted by atomic mass is 10.1. The topological polar surface area (TPSA) is 69.6 Å². The molecule has 0 fully saturated rings. The van der Waals surface area contributed by atoms with E-state index < -0.39 is 12.1 Å². The Bertz CT molecular complexity index is 448. The predicted octanol–water partition coefficient (Wildman–Crippen LogP) is 6.61. The zero-order valence-electron chi connectivity index (χ0n) is 20.5. The van der Waals surface area contributed by atoms with Crippen molar-refractivity contribution in [2.45, 2.75) is 135 Å². The minimum Gasteiger partial charge on any atom is -0.394 e. The van der Waals surface area contributed by atoms with Crippen LogP contribution in [0.3, 0.4) is 0 Å². The van der Waals surface area contributed by atoms with Gasteiger partial charge in [0.2, 0.25) is 5.91 Å². The van der Waals surface area contributed by atoms with Crippen LogP contribution >= 0.6 is 0 Å². The van der Waals surface area contributed by atoms with Gasteiger partial charge >= 0.3 is 0 Å². The lowest BCUT2D eigenvalue weighted by Gasteiger charge is -2.19. The molecule has 0 aromatic rings. The van der Waals surface area contributed by atoms with Crippen molar-refractivity contribution >= 4 is 5.91 Å². The van der Waals surface area contributed by atoms with Crippen molar-refractivity contribution in [2.24, 2.45) is 0 Å². The lowest BCUT2D eigenvalue weighted by Crippen LogP contribution is -2.45. The number of nitrogens with one attached hydrogen (secondary N) is 1. The van der Waals surface area contributed by atoms with Crippen LogP contribution < -0.4 is 5.32 Å². The van der Waals surface area contributed by atoms with Gasteiger partial charge < -0.3 is 15.5 Å². The first kappa shape index (κ1) is 29.9. The number of unbranched alkanes of at least 4 members (excludes halogenated alkanes) is 14. The number of aliphatic hydroxyl groups excluding tert-OH is 2. The number of carbonyl (C=O) groups is 1. The van der Waals surface area contributed by atoms with Crippen LogP contribution in [0.5, 0.6) is 0 Å². The van der Waals surface area contributed by atoms with Crippen LogP contribution in [0.2, 0.25) is 0 Å². The van der Waals surface area contributed by atoms with Crippen molar-refractivity contribution in [2.75, 3.05) is 6.61 Å². The molecule has 4 nitrogen and oxygen atoms in total. The van der Waals surface area contributed by atoms with Crippen LogP contribution in [-0.2, 0) is 4.79 Å². The Balaban J connectivity index is 3.84. The molecule has 31 heavy (non-hydrogen) atoms. The smallest absolute Gasteiger partial charge is 0.220 e. The van der Waals surface area contributed by atoms with Crippen LogP contribution in [-0.4, -0.2) is 34.9 Å². The van der Waals surface area contributed by atoms with Crippen molar-refractivity contribution in [1.82, 2.24) is 5.32 Å². The number of hydrogen-bond donors (Lipinski definition) is 3. The first-order valence-electron chi connectivity index (χ1n) is 13.1. The van der Waals surface area contributed by atoms with Gasteiger partial charge in [-0.1, -0.05) is 122 Å². The highest BCUT2D eigenvalue weighted by Crippen LogP contribution is 2.11. The minimum atomic E-state index is -0.879. The second kappa shape index (κ2) is 23.5. The molecule has 0 aliphatic heterocycles. The van der Waals surface area contributed by atoms with Crippen molar-refractivity contribution in [3.63, 3.8) is 0 Å². The fourth-order valence-electron chi connectivity index (χ4n) is 3.64. The zero-order valence-corrected chi connectivity index (χ0v) is 20.5. The summed E-state index contributed by atoms with van der Waals surface area (Å²) in [5.74, 6) is -0.0898. The van der Waals surface area contributed by atoms with Gasteiger partial charge in [0, 0.05) is 6.42 Å². The molecule has 0 spiro atoms. The Hall–Kier alpha value is -1.13. The molecule has 3 N–H and O–H groups in total. The maximum atomic E-state index is 12.1. The Labute approximate surface area is 192 Å². The summed E-state index contributed by atoms with van der Waals surface area (Å²) in [6, 6.07) is -0.644. The standard InChI is InChI=1S/C27H51NO3/c1-3-5-7-9-11-13-15-16-18-20-22-26(30)25(24-29)28-27(31)23-21-19-17-14-12-10-8-6-4-2/h16,18,20,22,25-26,29-30H,3-15,17,19,21,23-24H2,1-2H3,(H,28,31)/b18-16+,22-20+/t25-,26+/m0/s1. The molecule has 0 bridgehead atoms. The quantitative estimate of drug-likeness (QED) is 0.132. The van der Waals surface area contributed by atoms with Gasteiger partial charge in [0.1, 0.15) is 0 Å². The molecule has 0 aliphatic carbocycles. The molecule has 0 aromatic carbocycles. The molecule has 182 valence electrons. The Morgan fingerprint density at radius 2 is 1.29 bits per heavy atom. The fourth-order valence-corrected chi connectivity index (χ4v) is 3.64. The third kappa shape index (κ3) is 20.5. The van der Waals surface area contributed by atoms with Crippen LogP contribution in [0, 0.1) is 0 Å². The van der Waals surface area contributed by atoms with E-state index in [1.807, 2.05) is 6.08 Å². The van der Waals surface area contributed by atoms with E-state index in [2.05, 4.69) is 25.2 Å². The van der Waals surface area contributed by atoms with E-state index in [1.165, 1.54) is 83.5 Å². The van der Waals surface area contributed by atoms with E-state index in [4.69, 9.17) is 0 Å². The molecule has 0 aromatic heterocycles. The molecule has 0 saturated carbocycles. The van der Waals surface area contributed by atoms with Gasteiger partial charge in [-0.25, -0.2) is 0 Å². The molecule has 0 heterocycles. The minimum absolute atomic E-state index is 0.0898. The summed E-state index contributed by atoms with van der Waals surface area (Å²) in [5.41, 5.74) is 0. The molecule has 1 amide bonds. The first-order valence-corrected chi connectivity index (χ1v) is 13.1. The molecule has 2 atom stereocenters. The normalized spacial score (nSPS) is 13.8. The number of rotatable bonds is 22. The van der Waals surface area contributed by atoms with Crippen LogP contribution in [0.25, 0.3) is 0 Å². The third-order valence-corrected chi connectivity index (χ3v) is 5.74. The monoisotopic (exact) mass is 437 g/mol. The maximum absolute atomic E-state index is 12.1. The Morgan fingerprint density at radius 1 is 0.774 bits per heavy atom. The van der Waals surface area contributed by atoms with Crippen molar-refractivity contribution in [3.05, 3.63) is 24.3 Å². The molecule has 0 unspecified atom stereocenters. The summed E-state index contributed by atoms with van der Waals surface area (Å²) in [5, 5.41) is 22.5. The van der Waals surface area contributed by atoms with Crippen LogP contribution in [0.15, 0.2) is 24.3 Å². The van der Waals surface area contributed by atoms with Gasteiger partial charge in [0.25, 0.3) is 0 Å². The number of hydrogen-bond acceptors (Lipinski definition) is 3. The molecular weight excluding hydrogens is 386 g/mol. The maximum Gasteiger partial charge on any atom is 0.220 e. The second-order valence-electron chi connectivity index (χ2n) is 8.80. The average molecular weight is 438 g/mol. The van der Waals surface area contributed by atoms with Gasteiger partial charge in [-0.2, -0.15) is 0 Å². The van der Waals surface area contributed by atoms with E-state index in [1.54, 1.807) is 12.2 Å². The summed E-state index contributed by atoms with van der Waals surface area (Å²) in [6.45, 7) is 4.20. The van der Waals surface area contributed by atoms with E-state index >= 15 is 0 Å². The number of amides is 1. The van der Waals surface area contributed by atoms with E-state index in [-0.39, 0.29) is 12.5 Å². The average Bonchev–Trinajstić information content (AvgIpc) is 2.77. The van der Waals surface area contributed by atoms with Crippen molar-refractivity contribution < 1.29 is 15.0 Å². The summed E-state index contributed by atoms with van der Waals surface area (Å²) in [4.78, 5) is 12.1. The summed E-state index contributed by atoms with van der Waals surface area (Å²) < 4.78 is 0. The SMILES string of the molecule is CCCCCCCC/C=C/C=C/[C@@H](O)[C@H](CO)NC(=O)CCCCCCCCCCC. The lowest BCUT2D eigenvalue weighted by molar-refractivity contribution is -0.123. The van der Waals surface area contributed by atoms with Crippen LogP contribution in [0.1, 0.15) is 123 Å². The number of aliphatic hydroxyl groups is 2. The number of carbonyl (C=O) groups excluding carboxylic acids is 1. The third-order valence-electron chi connectivity index (χ3n) is 5.74. The van der Waals surface area contributed by atoms with Gasteiger partial charge in [-0.15, -0.1) is 0 Å². The molecule has 4 heteroatoms. The Morgan fingerprint density at radius 3 is 1.84 bits per heavy atom. The van der Waals surface area contributed by atoms with Gasteiger partial charge in [0.05, 0.1) is 18.8 Å². The van der Waals surface area contributed by atoms with E-state index in [9.17, 15) is 15.0 Å². The van der Waals surface area contributed by atoms with Crippen molar-refractivity contribution in [3.8, 4) is 0 Å². The molecule has 0 saturated heterocycles. The molecular formula is C27H51NO3. The van der Waals surface area contributed by atoms with Crippen molar-refractivity contribution in [1.29, 1.82) is 0 Å². The molecule has 0 rings (SSSR count). The highest BCUT2D eigenvalue weighted by Gasteiger charge is 2.17. The zero-order chi connectivity index (χ0) is 23.0.